The van der Waals surface area contributed by atoms with E-state index >= 15 is 0 Å². The average molecular weight is 466 g/mol. The van der Waals surface area contributed by atoms with Crippen LogP contribution in [-0.2, 0) is 9.53 Å². The Hall–Kier alpha value is -3.76. The molecule has 2 heterocycles. The number of methoxy groups -OCH3 is 1. The quantitative estimate of drug-likeness (QED) is 0.169. The van der Waals surface area contributed by atoms with E-state index in [1.54, 1.807) is 48.5 Å². The minimum Gasteiger partial charge on any atom is -0.465 e. The Labute approximate surface area is 191 Å². The van der Waals surface area contributed by atoms with Crippen molar-refractivity contribution in [1.82, 2.24) is 0 Å². The van der Waals surface area contributed by atoms with Gasteiger partial charge in [-0.25, -0.2) is 4.79 Å². The molecule has 10 heteroatoms. The van der Waals surface area contributed by atoms with Crippen LogP contribution in [0.25, 0.3) is 17.4 Å². The number of rotatable bonds is 5. The molecule has 1 fully saturated rings. The zero-order valence-electron chi connectivity index (χ0n) is 16.5. The first-order valence-electron chi connectivity index (χ1n) is 9.19. The molecule has 2 aromatic carbocycles. The molecule has 1 saturated heterocycles. The van der Waals surface area contributed by atoms with Crippen LogP contribution in [0.3, 0.4) is 0 Å². The van der Waals surface area contributed by atoms with E-state index in [4.69, 9.17) is 21.4 Å². The van der Waals surface area contributed by atoms with E-state index < -0.39 is 16.8 Å². The van der Waals surface area contributed by atoms with Gasteiger partial charge in [0.05, 0.1) is 28.2 Å². The number of anilines is 1. The second-order valence-corrected chi connectivity index (χ2v) is 8.21. The minimum absolute atomic E-state index is 0.138. The molecule has 160 valence electrons. The topological polar surface area (TPSA) is 103 Å². The second-order valence-electron chi connectivity index (χ2n) is 6.53. The Kier molecular flexibility index (Phi) is 5.89. The summed E-state index contributed by atoms with van der Waals surface area (Å²) in [4.78, 5) is 37.0. The van der Waals surface area contributed by atoms with Crippen LogP contribution in [0.5, 0.6) is 0 Å². The van der Waals surface area contributed by atoms with E-state index in [1.807, 2.05) is 0 Å². The Balaban J connectivity index is 1.63. The van der Waals surface area contributed by atoms with Crippen LogP contribution in [0.1, 0.15) is 16.1 Å². The summed E-state index contributed by atoms with van der Waals surface area (Å²) in [5.41, 5.74) is 1.09. The van der Waals surface area contributed by atoms with Crippen molar-refractivity contribution in [3.63, 3.8) is 0 Å². The summed E-state index contributed by atoms with van der Waals surface area (Å²) >= 11 is 6.39. The summed E-state index contributed by atoms with van der Waals surface area (Å²) in [5, 5.41) is 11.1. The largest absolute Gasteiger partial charge is 0.465 e. The normalized spacial score (nSPS) is 14.8. The highest BCUT2D eigenvalue weighted by Crippen LogP contribution is 2.37. The maximum absolute atomic E-state index is 12.9. The molecule has 0 unspecified atom stereocenters. The number of carbonyl (C=O) groups is 2. The lowest BCUT2D eigenvalue weighted by Gasteiger charge is -2.13. The van der Waals surface area contributed by atoms with Crippen molar-refractivity contribution >= 4 is 57.6 Å². The van der Waals surface area contributed by atoms with E-state index in [0.29, 0.717) is 33.2 Å². The number of thiocarbonyl (C=S) groups is 1. The van der Waals surface area contributed by atoms with Crippen LogP contribution >= 0.6 is 24.0 Å². The number of benzene rings is 2. The molecule has 3 aromatic rings. The van der Waals surface area contributed by atoms with Crippen LogP contribution in [0.4, 0.5) is 11.4 Å². The molecule has 0 radical (unpaired) electrons. The summed E-state index contributed by atoms with van der Waals surface area (Å²) in [6, 6.07) is 15.9. The lowest BCUT2D eigenvalue weighted by Crippen LogP contribution is -2.27. The van der Waals surface area contributed by atoms with Gasteiger partial charge in [-0.05, 0) is 24.3 Å². The third kappa shape index (κ3) is 4.05. The molecule has 8 nitrogen and oxygen atoms in total. The van der Waals surface area contributed by atoms with Gasteiger partial charge >= 0.3 is 5.97 Å². The van der Waals surface area contributed by atoms with E-state index in [1.165, 1.54) is 30.2 Å². The fraction of sp³-hybridized carbons (Fsp3) is 0.0455. The molecular weight excluding hydrogens is 452 g/mol. The van der Waals surface area contributed by atoms with Crippen molar-refractivity contribution in [2.24, 2.45) is 0 Å². The molecule has 1 aromatic heterocycles. The number of non-ortho nitro benzene ring substituents is 1. The summed E-state index contributed by atoms with van der Waals surface area (Å²) in [7, 11) is 1.30. The molecule has 0 bridgehead atoms. The van der Waals surface area contributed by atoms with Crippen LogP contribution in [0.15, 0.2) is 70.0 Å². The molecule has 0 aliphatic carbocycles. The third-order valence-corrected chi connectivity index (χ3v) is 5.89. The fourth-order valence-corrected chi connectivity index (χ4v) is 4.41. The van der Waals surface area contributed by atoms with Gasteiger partial charge < -0.3 is 9.15 Å². The maximum Gasteiger partial charge on any atom is 0.338 e. The highest BCUT2D eigenvalue weighted by molar-refractivity contribution is 8.27. The number of furan rings is 1. The van der Waals surface area contributed by atoms with Gasteiger partial charge in [0.15, 0.2) is 4.32 Å². The molecule has 1 amide bonds. The Morgan fingerprint density at radius 3 is 2.72 bits per heavy atom. The lowest BCUT2D eigenvalue weighted by molar-refractivity contribution is -0.384. The molecule has 0 saturated carbocycles. The predicted octanol–water partition coefficient (Wildman–Crippen LogP) is 5.05. The number of nitro benzene ring substituents is 1. The number of thioether (sulfide) groups is 1. The van der Waals surface area contributed by atoms with Crippen molar-refractivity contribution in [2.75, 3.05) is 12.0 Å². The number of nitrogens with zero attached hydrogens (tertiary/aromatic N) is 2. The summed E-state index contributed by atoms with van der Waals surface area (Å²) < 4.78 is 10.9. The molecule has 1 aliphatic heterocycles. The Bertz CT molecular complexity index is 1300. The maximum atomic E-state index is 12.9. The van der Waals surface area contributed by atoms with Crippen LogP contribution < -0.4 is 4.90 Å². The van der Waals surface area contributed by atoms with Crippen LogP contribution in [0.2, 0.25) is 0 Å². The second kappa shape index (κ2) is 8.77. The van der Waals surface area contributed by atoms with Crippen molar-refractivity contribution in [2.45, 2.75) is 0 Å². The number of carbonyl (C=O) groups excluding carboxylic acids is 2. The summed E-state index contributed by atoms with van der Waals surface area (Å²) in [6.45, 7) is 0. The van der Waals surface area contributed by atoms with Gasteiger partial charge in [0.1, 0.15) is 11.5 Å². The first kappa shape index (κ1) is 21.5. The third-order valence-electron chi connectivity index (χ3n) is 4.59. The number of hydrogen-bond acceptors (Lipinski definition) is 8. The highest BCUT2D eigenvalue weighted by Gasteiger charge is 2.34. The minimum atomic E-state index is -0.534. The first-order valence-corrected chi connectivity index (χ1v) is 10.4. The van der Waals surface area contributed by atoms with E-state index in [0.717, 1.165) is 11.8 Å². The van der Waals surface area contributed by atoms with Crippen LogP contribution in [0, 0.1) is 10.1 Å². The summed E-state index contributed by atoms with van der Waals surface area (Å²) in [6.07, 6.45) is 1.54. The van der Waals surface area contributed by atoms with E-state index in [9.17, 15) is 19.7 Å². The zero-order valence-corrected chi connectivity index (χ0v) is 18.1. The number of nitro groups is 1. The smallest absolute Gasteiger partial charge is 0.338 e. The predicted molar refractivity (Wildman–Crippen MR) is 124 cm³/mol. The molecule has 0 spiro atoms. The van der Waals surface area contributed by atoms with Crippen LogP contribution in [-0.4, -0.2) is 28.2 Å². The summed E-state index contributed by atoms with van der Waals surface area (Å²) in [5.74, 6) is -0.0737. The van der Waals surface area contributed by atoms with Crippen molar-refractivity contribution in [1.29, 1.82) is 0 Å². The Morgan fingerprint density at radius 2 is 1.97 bits per heavy atom. The van der Waals surface area contributed by atoms with Gasteiger partial charge in [-0.3, -0.25) is 19.8 Å². The van der Waals surface area contributed by atoms with Crippen molar-refractivity contribution in [3.05, 3.63) is 87.0 Å². The first-order chi connectivity index (χ1) is 15.4. The number of esters is 1. The lowest BCUT2D eigenvalue weighted by atomic mass is 10.1. The van der Waals surface area contributed by atoms with E-state index in [2.05, 4.69) is 0 Å². The van der Waals surface area contributed by atoms with Crippen molar-refractivity contribution < 1.29 is 23.7 Å². The molecule has 0 atom stereocenters. The fourth-order valence-electron chi connectivity index (χ4n) is 3.13. The van der Waals surface area contributed by atoms with Gasteiger partial charge in [0, 0.05) is 23.8 Å². The zero-order chi connectivity index (χ0) is 22.8. The molecule has 32 heavy (non-hydrogen) atoms. The SMILES string of the molecule is COC(=O)c1ccccc1-c1ccc(/C=C2\SC(=S)N(c3cccc([N+](=O)[O-])c3)C2=O)o1. The van der Waals surface area contributed by atoms with E-state index in [-0.39, 0.29) is 10.0 Å². The average Bonchev–Trinajstić information content (AvgIpc) is 3.37. The molecule has 4 rings (SSSR count). The van der Waals surface area contributed by atoms with Crippen molar-refractivity contribution in [3.8, 4) is 11.3 Å². The molecule has 1 aliphatic rings. The number of amides is 1. The highest BCUT2D eigenvalue weighted by atomic mass is 32.2. The molecule has 0 N–H and O–H groups in total. The molecular formula is C22H14N2O6S2. The van der Waals surface area contributed by atoms with Gasteiger partial charge in [-0.15, -0.1) is 0 Å². The van der Waals surface area contributed by atoms with Gasteiger partial charge in [-0.1, -0.05) is 48.2 Å². The monoisotopic (exact) mass is 466 g/mol. The number of hydrogen-bond donors (Lipinski definition) is 0. The van der Waals surface area contributed by atoms with Gasteiger partial charge in [-0.2, -0.15) is 0 Å². The van der Waals surface area contributed by atoms with Gasteiger partial charge in [0.25, 0.3) is 11.6 Å². The number of ether oxygens (including phenoxy) is 1. The Morgan fingerprint density at radius 1 is 1.19 bits per heavy atom. The standard InChI is InChI=1S/C22H14N2O6S2/c1-29-21(26)17-8-3-2-7-16(17)18-10-9-15(30-18)12-19-20(25)23(22(31)32-19)13-5-4-6-14(11-13)24(27)28/h2-12H,1H3/b19-12-. The van der Waals surface area contributed by atoms with Gasteiger partial charge in [0.2, 0.25) is 0 Å².